The number of hydrogen-bond acceptors (Lipinski definition) is 4. The molecule has 0 spiro atoms. The molecule has 0 bridgehead atoms. The molecule has 1 heterocycles. The third-order valence-electron chi connectivity index (χ3n) is 2.15. The van der Waals surface area contributed by atoms with E-state index in [0.717, 1.165) is 0 Å². The summed E-state index contributed by atoms with van der Waals surface area (Å²) in [4.78, 5) is 21.9. The Balaban J connectivity index is 2.31. The zero-order valence-electron chi connectivity index (χ0n) is 8.92. The van der Waals surface area contributed by atoms with E-state index in [1.54, 1.807) is 6.07 Å². The highest BCUT2D eigenvalue weighted by molar-refractivity contribution is 6.31. The number of amides is 1. The molecular formula is C11H7ClN2O4. The van der Waals surface area contributed by atoms with Crippen LogP contribution in [-0.4, -0.2) is 10.8 Å². The summed E-state index contributed by atoms with van der Waals surface area (Å²) in [6.07, 6.45) is 1.33. The fraction of sp³-hybridized carbons (Fsp3) is 0. The molecule has 7 heteroatoms. The van der Waals surface area contributed by atoms with Gasteiger partial charge in [0, 0.05) is 11.1 Å². The van der Waals surface area contributed by atoms with Crippen molar-refractivity contribution >= 4 is 28.9 Å². The average Bonchev–Trinajstić information content (AvgIpc) is 2.81. The molecule has 2 aromatic rings. The summed E-state index contributed by atoms with van der Waals surface area (Å²) in [6.45, 7) is 0. The number of nitro benzene ring substituents is 1. The fourth-order valence-electron chi connectivity index (χ4n) is 1.36. The van der Waals surface area contributed by atoms with E-state index in [4.69, 9.17) is 16.0 Å². The highest BCUT2D eigenvalue weighted by Gasteiger charge is 2.18. The Morgan fingerprint density at radius 1 is 1.39 bits per heavy atom. The molecule has 0 unspecified atom stereocenters. The lowest BCUT2D eigenvalue weighted by molar-refractivity contribution is -0.383. The number of carbonyl (C=O) groups is 1. The number of anilines is 1. The van der Waals surface area contributed by atoms with Crippen molar-refractivity contribution in [2.24, 2.45) is 0 Å². The molecule has 1 aromatic carbocycles. The van der Waals surface area contributed by atoms with Crippen LogP contribution in [0.4, 0.5) is 11.4 Å². The maximum absolute atomic E-state index is 11.7. The number of carbonyl (C=O) groups excluding carboxylic acids is 1. The van der Waals surface area contributed by atoms with Crippen molar-refractivity contribution in [1.29, 1.82) is 0 Å². The first-order valence-electron chi connectivity index (χ1n) is 4.87. The Morgan fingerprint density at radius 3 is 2.78 bits per heavy atom. The van der Waals surface area contributed by atoms with Crippen LogP contribution < -0.4 is 5.32 Å². The quantitative estimate of drug-likeness (QED) is 0.683. The number of nitrogens with one attached hydrogen (secondary N) is 1. The van der Waals surface area contributed by atoms with E-state index in [9.17, 15) is 14.9 Å². The van der Waals surface area contributed by atoms with E-state index in [2.05, 4.69) is 5.32 Å². The van der Waals surface area contributed by atoms with Crippen molar-refractivity contribution in [2.75, 3.05) is 5.32 Å². The summed E-state index contributed by atoms with van der Waals surface area (Å²) >= 11 is 5.73. The fourth-order valence-corrected chi connectivity index (χ4v) is 1.53. The zero-order valence-corrected chi connectivity index (χ0v) is 9.68. The molecule has 0 aliphatic carbocycles. The van der Waals surface area contributed by atoms with Gasteiger partial charge in [-0.1, -0.05) is 11.6 Å². The largest absolute Gasteiger partial charge is 0.459 e. The van der Waals surface area contributed by atoms with Gasteiger partial charge in [0.15, 0.2) is 5.76 Å². The van der Waals surface area contributed by atoms with Crippen molar-refractivity contribution in [3.63, 3.8) is 0 Å². The third-order valence-corrected chi connectivity index (χ3v) is 2.38. The number of hydrogen-bond donors (Lipinski definition) is 1. The summed E-state index contributed by atoms with van der Waals surface area (Å²) in [5, 5.41) is 13.5. The van der Waals surface area contributed by atoms with E-state index in [-0.39, 0.29) is 22.2 Å². The number of nitrogens with zero attached hydrogens (tertiary/aromatic N) is 1. The lowest BCUT2D eigenvalue weighted by atomic mass is 10.2. The summed E-state index contributed by atoms with van der Waals surface area (Å²) < 4.78 is 4.88. The van der Waals surface area contributed by atoms with Gasteiger partial charge in [0.1, 0.15) is 5.69 Å². The number of furan rings is 1. The zero-order chi connectivity index (χ0) is 13.1. The van der Waals surface area contributed by atoms with Crippen molar-refractivity contribution in [2.45, 2.75) is 0 Å². The normalized spacial score (nSPS) is 10.1. The number of halogens is 1. The second-order valence-corrected chi connectivity index (χ2v) is 3.79. The van der Waals surface area contributed by atoms with Crippen molar-refractivity contribution < 1.29 is 14.1 Å². The smallest absolute Gasteiger partial charge is 0.292 e. The molecule has 1 amide bonds. The van der Waals surface area contributed by atoms with Crippen LogP contribution in [0.15, 0.2) is 41.0 Å². The number of nitro groups is 1. The Kier molecular flexibility index (Phi) is 3.29. The molecule has 0 aliphatic rings. The molecule has 2 rings (SSSR count). The van der Waals surface area contributed by atoms with Crippen LogP contribution in [0.3, 0.4) is 0 Å². The average molecular weight is 267 g/mol. The van der Waals surface area contributed by atoms with Gasteiger partial charge in [-0.2, -0.15) is 0 Å². The maximum atomic E-state index is 11.7. The van der Waals surface area contributed by atoms with Crippen LogP contribution in [0, 0.1) is 10.1 Å². The third kappa shape index (κ3) is 2.49. The first kappa shape index (κ1) is 12.1. The number of rotatable bonds is 3. The van der Waals surface area contributed by atoms with E-state index in [0.29, 0.717) is 0 Å². The highest BCUT2D eigenvalue weighted by atomic mass is 35.5. The molecule has 0 atom stereocenters. The topological polar surface area (TPSA) is 85.4 Å². The monoisotopic (exact) mass is 266 g/mol. The van der Waals surface area contributed by atoms with Crippen LogP contribution in [0.25, 0.3) is 0 Å². The van der Waals surface area contributed by atoms with Gasteiger partial charge >= 0.3 is 0 Å². The molecule has 0 fully saturated rings. The Bertz CT molecular complexity index is 595. The van der Waals surface area contributed by atoms with Gasteiger partial charge in [-0.3, -0.25) is 14.9 Å². The summed E-state index contributed by atoms with van der Waals surface area (Å²) in [5.74, 6) is -0.519. The lowest BCUT2D eigenvalue weighted by Gasteiger charge is -2.04. The molecule has 18 heavy (non-hydrogen) atoms. The maximum Gasteiger partial charge on any atom is 0.292 e. The minimum absolute atomic E-state index is 0.0221. The van der Waals surface area contributed by atoms with Gasteiger partial charge in [-0.05, 0) is 24.3 Å². The Labute approximate surface area is 106 Å². The van der Waals surface area contributed by atoms with Crippen molar-refractivity contribution in [3.8, 4) is 0 Å². The first-order chi connectivity index (χ1) is 8.58. The minimum atomic E-state index is -0.603. The van der Waals surface area contributed by atoms with Crippen LogP contribution in [0.5, 0.6) is 0 Å². The van der Waals surface area contributed by atoms with Crippen LogP contribution >= 0.6 is 11.6 Å². The highest BCUT2D eigenvalue weighted by Crippen LogP contribution is 2.28. The molecule has 92 valence electrons. The predicted molar refractivity (Wildman–Crippen MR) is 64.8 cm³/mol. The second kappa shape index (κ2) is 4.89. The molecule has 0 radical (unpaired) electrons. The van der Waals surface area contributed by atoms with Gasteiger partial charge in [0.05, 0.1) is 11.2 Å². The number of benzene rings is 1. The van der Waals surface area contributed by atoms with Gasteiger partial charge in [0.25, 0.3) is 11.6 Å². The summed E-state index contributed by atoms with van der Waals surface area (Å²) in [6, 6.07) is 6.90. The molecule has 0 saturated heterocycles. The molecule has 1 aromatic heterocycles. The van der Waals surface area contributed by atoms with Gasteiger partial charge < -0.3 is 9.73 Å². The summed E-state index contributed by atoms with van der Waals surface area (Å²) in [7, 11) is 0. The summed E-state index contributed by atoms with van der Waals surface area (Å²) in [5.41, 5.74) is -0.215. The lowest BCUT2D eigenvalue weighted by Crippen LogP contribution is -2.12. The SMILES string of the molecule is O=C(Nc1cc(Cl)ccc1[N+](=O)[O-])c1ccco1. The van der Waals surface area contributed by atoms with E-state index < -0.39 is 10.8 Å². The first-order valence-corrected chi connectivity index (χ1v) is 5.24. The minimum Gasteiger partial charge on any atom is -0.459 e. The van der Waals surface area contributed by atoms with Gasteiger partial charge in [-0.15, -0.1) is 0 Å². The Morgan fingerprint density at radius 2 is 2.17 bits per heavy atom. The Hall–Kier alpha value is -2.34. The molecule has 6 nitrogen and oxygen atoms in total. The van der Waals surface area contributed by atoms with Gasteiger partial charge in [-0.25, -0.2) is 0 Å². The second-order valence-electron chi connectivity index (χ2n) is 3.35. The van der Waals surface area contributed by atoms with E-state index in [1.165, 1.54) is 30.5 Å². The molecule has 0 aliphatic heterocycles. The predicted octanol–water partition coefficient (Wildman–Crippen LogP) is 3.09. The standard InChI is InChI=1S/C11H7ClN2O4/c12-7-3-4-9(14(16)17)8(6-7)13-11(15)10-2-1-5-18-10/h1-6H,(H,13,15). The molecule has 0 saturated carbocycles. The van der Waals surface area contributed by atoms with E-state index >= 15 is 0 Å². The van der Waals surface area contributed by atoms with Gasteiger partial charge in [0.2, 0.25) is 0 Å². The van der Waals surface area contributed by atoms with Crippen LogP contribution in [0.1, 0.15) is 10.6 Å². The van der Waals surface area contributed by atoms with Crippen molar-refractivity contribution in [1.82, 2.24) is 0 Å². The van der Waals surface area contributed by atoms with Crippen LogP contribution in [0.2, 0.25) is 5.02 Å². The molecule has 1 N–H and O–H groups in total. The van der Waals surface area contributed by atoms with Crippen molar-refractivity contribution in [3.05, 3.63) is 57.5 Å². The van der Waals surface area contributed by atoms with Crippen LogP contribution in [-0.2, 0) is 0 Å². The molecular weight excluding hydrogens is 260 g/mol. The van der Waals surface area contributed by atoms with E-state index in [1.807, 2.05) is 0 Å².